The van der Waals surface area contributed by atoms with Gasteiger partial charge in [-0.2, -0.15) is 0 Å². The minimum Gasteiger partial charge on any atom is -0.396 e. The monoisotopic (exact) mass is 298 g/mol. The highest BCUT2D eigenvalue weighted by Gasteiger charge is 2.00. The van der Waals surface area contributed by atoms with Crippen LogP contribution in [0, 0.1) is 11.8 Å². The molecule has 0 radical (unpaired) electrons. The van der Waals surface area contributed by atoms with Gasteiger partial charge in [-0.05, 0) is 29.9 Å². The van der Waals surface area contributed by atoms with Crippen molar-refractivity contribution in [2.75, 3.05) is 6.61 Å². The van der Waals surface area contributed by atoms with E-state index in [1.54, 1.807) is 0 Å². The van der Waals surface area contributed by atoms with E-state index in [4.69, 9.17) is 5.11 Å². The molecule has 2 rings (SSSR count). The number of hydrogen-bond donors (Lipinski definition) is 1. The summed E-state index contributed by atoms with van der Waals surface area (Å²) in [6, 6.07) is 20.3. The molecule has 1 N–H and O–H groups in total. The first kappa shape index (κ1) is 18.1. The molecule has 0 saturated heterocycles. The summed E-state index contributed by atoms with van der Waals surface area (Å²) in [5.41, 5.74) is 2.53. The maximum absolute atomic E-state index is 10.3. The number of carbonyl (C=O) groups is 1. The fourth-order valence-electron chi connectivity index (χ4n) is 2.12. The second-order valence-electron chi connectivity index (χ2n) is 5.78. The highest BCUT2D eigenvalue weighted by atomic mass is 16.3. The van der Waals surface area contributed by atoms with E-state index in [2.05, 4.69) is 12.1 Å². The predicted octanol–water partition coefficient (Wildman–Crippen LogP) is 3.92. The summed E-state index contributed by atoms with van der Waals surface area (Å²) in [4.78, 5) is 10.3. The molecule has 0 aliphatic carbocycles. The normalized spacial score (nSPS) is 12.7. The molecule has 22 heavy (non-hydrogen) atoms. The molecular formula is C20H26O2. The average molecular weight is 298 g/mol. The van der Waals surface area contributed by atoms with Crippen LogP contribution in [-0.2, 0) is 17.6 Å². The molecule has 0 spiro atoms. The summed E-state index contributed by atoms with van der Waals surface area (Å²) in [5.74, 6) is 0.509. The van der Waals surface area contributed by atoms with Crippen molar-refractivity contribution in [2.24, 2.45) is 11.8 Å². The van der Waals surface area contributed by atoms with Crippen molar-refractivity contribution in [3.05, 3.63) is 71.8 Å². The fraction of sp³-hybridized carbons (Fsp3) is 0.350. The number of carbonyl (C=O) groups excluding carboxylic acids is 1. The van der Waals surface area contributed by atoms with Crippen molar-refractivity contribution in [1.29, 1.82) is 0 Å². The lowest BCUT2D eigenvalue weighted by atomic mass is 10.0. The van der Waals surface area contributed by atoms with Crippen LogP contribution in [0.3, 0.4) is 0 Å². The second kappa shape index (κ2) is 10.7. The SMILES string of the molecule is CC(C=O)Cc1ccccc1.CC(CO)Cc1ccccc1. The van der Waals surface area contributed by atoms with Gasteiger partial charge in [-0.3, -0.25) is 0 Å². The molecule has 2 unspecified atom stereocenters. The van der Waals surface area contributed by atoms with Gasteiger partial charge in [0.1, 0.15) is 6.29 Å². The molecule has 0 aliphatic rings. The third kappa shape index (κ3) is 7.75. The van der Waals surface area contributed by atoms with Crippen LogP contribution in [0.4, 0.5) is 0 Å². The first-order valence-electron chi connectivity index (χ1n) is 7.79. The Morgan fingerprint density at radius 1 is 0.864 bits per heavy atom. The van der Waals surface area contributed by atoms with E-state index >= 15 is 0 Å². The van der Waals surface area contributed by atoms with Gasteiger partial charge >= 0.3 is 0 Å². The minimum atomic E-state index is 0.136. The van der Waals surface area contributed by atoms with E-state index in [-0.39, 0.29) is 12.5 Å². The van der Waals surface area contributed by atoms with Gasteiger partial charge in [0.2, 0.25) is 0 Å². The highest BCUT2D eigenvalue weighted by molar-refractivity contribution is 5.53. The summed E-state index contributed by atoms with van der Waals surface area (Å²) in [7, 11) is 0. The molecule has 2 heteroatoms. The third-order valence-electron chi connectivity index (χ3n) is 3.37. The molecule has 2 atom stereocenters. The zero-order valence-corrected chi connectivity index (χ0v) is 13.5. The van der Waals surface area contributed by atoms with E-state index in [0.29, 0.717) is 5.92 Å². The van der Waals surface area contributed by atoms with Gasteiger partial charge in [-0.25, -0.2) is 0 Å². The molecule has 0 heterocycles. The van der Waals surface area contributed by atoms with Gasteiger partial charge in [0, 0.05) is 12.5 Å². The Balaban J connectivity index is 0.000000220. The summed E-state index contributed by atoms with van der Waals surface area (Å²) in [5, 5.41) is 8.80. The maximum Gasteiger partial charge on any atom is 0.123 e. The van der Waals surface area contributed by atoms with Crippen LogP contribution in [0.2, 0.25) is 0 Å². The van der Waals surface area contributed by atoms with Crippen LogP contribution < -0.4 is 0 Å². The second-order valence-corrected chi connectivity index (χ2v) is 5.78. The predicted molar refractivity (Wildman–Crippen MR) is 91.8 cm³/mol. The van der Waals surface area contributed by atoms with Crippen LogP contribution in [0.15, 0.2) is 60.7 Å². The lowest BCUT2D eigenvalue weighted by molar-refractivity contribution is -0.110. The van der Waals surface area contributed by atoms with Crippen LogP contribution in [0.1, 0.15) is 25.0 Å². The molecule has 0 aliphatic heterocycles. The topological polar surface area (TPSA) is 37.3 Å². The molecule has 0 amide bonds. The quantitative estimate of drug-likeness (QED) is 0.821. The molecule has 2 nitrogen and oxygen atoms in total. The average Bonchev–Trinajstić information content (AvgIpc) is 2.57. The van der Waals surface area contributed by atoms with Crippen LogP contribution in [-0.4, -0.2) is 18.0 Å². The Morgan fingerprint density at radius 3 is 1.73 bits per heavy atom. The van der Waals surface area contributed by atoms with Gasteiger partial charge in [0.15, 0.2) is 0 Å². The Morgan fingerprint density at radius 2 is 1.32 bits per heavy atom. The van der Waals surface area contributed by atoms with Crippen LogP contribution in [0.25, 0.3) is 0 Å². The van der Waals surface area contributed by atoms with Crippen LogP contribution >= 0.6 is 0 Å². The summed E-state index contributed by atoms with van der Waals surface area (Å²) >= 11 is 0. The smallest absolute Gasteiger partial charge is 0.123 e. The molecular weight excluding hydrogens is 272 g/mol. The van der Waals surface area contributed by atoms with Crippen molar-refractivity contribution in [2.45, 2.75) is 26.7 Å². The van der Waals surface area contributed by atoms with E-state index in [0.717, 1.165) is 19.1 Å². The van der Waals surface area contributed by atoms with Crippen molar-refractivity contribution in [3.63, 3.8) is 0 Å². The van der Waals surface area contributed by atoms with E-state index in [1.165, 1.54) is 11.1 Å². The van der Waals surface area contributed by atoms with Crippen molar-refractivity contribution in [3.8, 4) is 0 Å². The number of rotatable bonds is 6. The molecule has 0 bridgehead atoms. The van der Waals surface area contributed by atoms with Gasteiger partial charge < -0.3 is 9.90 Å². The molecule has 118 valence electrons. The molecule has 0 fully saturated rings. The zero-order valence-electron chi connectivity index (χ0n) is 13.5. The Kier molecular flexibility index (Phi) is 8.85. The van der Waals surface area contributed by atoms with Gasteiger partial charge in [-0.1, -0.05) is 74.5 Å². The molecule has 0 saturated carbocycles. The van der Waals surface area contributed by atoms with Crippen LogP contribution in [0.5, 0.6) is 0 Å². The largest absolute Gasteiger partial charge is 0.396 e. The van der Waals surface area contributed by atoms with Gasteiger partial charge in [0.25, 0.3) is 0 Å². The molecule has 2 aromatic carbocycles. The van der Waals surface area contributed by atoms with Crippen molar-refractivity contribution < 1.29 is 9.90 Å². The number of aliphatic hydroxyl groups excluding tert-OH is 1. The van der Waals surface area contributed by atoms with Crippen molar-refractivity contribution in [1.82, 2.24) is 0 Å². The summed E-state index contributed by atoms with van der Waals surface area (Å²) < 4.78 is 0. The lowest BCUT2D eigenvalue weighted by Gasteiger charge is -2.06. The first-order valence-corrected chi connectivity index (χ1v) is 7.79. The van der Waals surface area contributed by atoms with E-state index < -0.39 is 0 Å². The van der Waals surface area contributed by atoms with E-state index in [1.807, 2.05) is 62.4 Å². The number of hydrogen-bond acceptors (Lipinski definition) is 2. The summed E-state index contributed by atoms with van der Waals surface area (Å²) in [6.45, 7) is 4.25. The Bertz CT molecular complexity index is 508. The number of aliphatic hydroxyl groups is 1. The zero-order chi connectivity index (χ0) is 16.2. The Hall–Kier alpha value is -1.93. The highest BCUT2D eigenvalue weighted by Crippen LogP contribution is 2.06. The van der Waals surface area contributed by atoms with Crippen molar-refractivity contribution >= 4 is 6.29 Å². The minimum absolute atomic E-state index is 0.136. The van der Waals surface area contributed by atoms with Gasteiger partial charge in [0.05, 0.1) is 0 Å². The van der Waals surface area contributed by atoms with Gasteiger partial charge in [-0.15, -0.1) is 0 Å². The summed E-state index contributed by atoms with van der Waals surface area (Å²) in [6.07, 6.45) is 2.81. The fourth-order valence-corrected chi connectivity index (χ4v) is 2.12. The maximum atomic E-state index is 10.3. The molecule has 2 aromatic rings. The lowest BCUT2D eigenvalue weighted by Crippen LogP contribution is -2.03. The van der Waals surface area contributed by atoms with E-state index in [9.17, 15) is 4.79 Å². The molecule has 0 aromatic heterocycles. The third-order valence-corrected chi connectivity index (χ3v) is 3.37. The first-order chi connectivity index (χ1) is 10.7. The Labute approximate surface area is 133 Å². The number of benzene rings is 2. The number of aldehydes is 1. The standard InChI is InChI=1S/C10H14O.C10H12O/c2*1-9(8-11)7-10-5-3-2-4-6-10/h2-6,9,11H,7-8H2,1H3;2-6,8-9H,7H2,1H3.